The lowest BCUT2D eigenvalue weighted by atomic mass is 10.1. The maximum Gasteiger partial charge on any atom is 0.233 e. The number of fused-ring (bicyclic) bond motifs is 2. The fourth-order valence-corrected chi connectivity index (χ4v) is 5.79. The van der Waals surface area contributed by atoms with Gasteiger partial charge in [0.15, 0.2) is 0 Å². The molecule has 300 valence electrons. The van der Waals surface area contributed by atoms with Crippen LogP contribution >= 0.6 is 23.2 Å². The molecule has 0 atom stereocenters. The summed E-state index contributed by atoms with van der Waals surface area (Å²) < 4.78 is 13.3. The van der Waals surface area contributed by atoms with Gasteiger partial charge in [-0.25, -0.2) is 19.9 Å². The molecular formula is C41H36Cl2N10O6. The number of hydrogen-bond donors (Lipinski definition) is 5. The van der Waals surface area contributed by atoms with E-state index < -0.39 is 0 Å². The minimum Gasteiger partial charge on any atom is -0.475 e. The molecule has 16 nitrogen and oxygen atoms in total. The molecule has 0 spiro atoms. The van der Waals surface area contributed by atoms with Gasteiger partial charge in [-0.05, 0) is 54.1 Å². The van der Waals surface area contributed by atoms with Crippen LogP contribution in [0.15, 0.2) is 122 Å². The zero-order valence-electron chi connectivity index (χ0n) is 31.3. The lowest BCUT2D eigenvalue weighted by Crippen LogP contribution is -2.13. The van der Waals surface area contributed by atoms with Crippen LogP contribution in [0.2, 0.25) is 10.0 Å². The second-order valence-corrected chi connectivity index (χ2v) is 12.9. The Morgan fingerprint density at radius 1 is 0.644 bits per heavy atom. The van der Waals surface area contributed by atoms with Crippen LogP contribution in [0, 0.1) is 12.2 Å². The van der Waals surface area contributed by atoms with Gasteiger partial charge in [0.25, 0.3) is 0 Å². The number of hydrogen-bond acceptors (Lipinski definition) is 14. The molecule has 8 rings (SSSR count). The molecule has 0 bridgehead atoms. The van der Waals surface area contributed by atoms with E-state index >= 15 is 0 Å². The molecule has 5 N–H and O–H groups in total. The van der Waals surface area contributed by atoms with Crippen molar-refractivity contribution in [2.75, 3.05) is 36.9 Å². The Hall–Kier alpha value is -7.16. The smallest absolute Gasteiger partial charge is 0.233 e. The largest absolute Gasteiger partial charge is 0.475 e. The molecule has 0 radical (unpaired) electrons. The topological polar surface area (TPSA) is 199 Å². The number of anilines is 2. The maximum atomic E-state index is 7.33. The van der Waals surface area contributed by atoms with Gasteiger partial charge in [-0.15, -0.1) is 10.2 Å². The first kappa shape index (κ1) is 41.5. The molecule has 4 aromatic carbocycles. The molecule has 0 aliphatic carbocycles. The molecule has 4 heterocycles. The minimum atomic E-state index is 0.462. The van der Waals surface area contributed by atoms with Crippen LogP contribution in [0.3, 0.4) is 0 Å². The predicted molar refractivity (Wildman–Crippen MR) is 225 cm³/mol. The summed E-state index contributed by atoms with van der Waals surface area (Å²) in [4.78, 5) is 23.4. The number of halogens is 2. The standard InChI is InChI=1S/C20H18ClN5O.C19H16ClN5O.C2H2O4/c1-26-18(14-6-8-15(21)9-7-14)12-19(25-26)27-11-10-22-20-16-4-2-3-5-17(16)23-13-24-20;20-14-7-5-13(6-8-14)17-11-18(25-24-17)26-10-9-21-19-15-3-1-2-4-16(15)22-12-23-19;3-5-1-2-6-4/h2-9,12-13H,10-11H2,1H3,(H,22,23,24);1-8,11-12H,9-10H2,(H,24,25)(H,21,22,23);3-4H. The second-order valence-electron chi connectivity index (χ2n) is 12.0. The zero-order valence-corrected chi connectivity index (χ0v) is 32.8. The van der Waals surface area contributed by atoms with E-state index in [-0.39, 0.29) is 0 Å². The number of nitrogens with zero attached hydrogens (tertiary/aromatic N) is 7. The van der Waals surface area contributed by atoms with Gasteiger partial charge in [-0.1, -0.05) is 71.7 Å². The van der Waals surface area contributed by atoms with Crippen LogP contribution in [-0.2, 0) is 16.8 Å². The van der Waals surface area contributed by atoms with Gasteiger partial charge >= 0.3 is 0 Å². The molecule has 0 aliphatic rings. The van der Waals surface area contributed by atoms with E-state index in [4.69, 9.17) is 43.2 Å². The summed E-state index contributed by atoms with van der Waals surface area (Å²) in [7, 11) is 1.89. The number of aromatic nitrogens is 8. The van der Waals surface area contributed by atoms with Crippen molar-refractivity contribution in [2.24, 2.45) is 7.05 Å². The number of H-pyrrole nitrogens is 1. The third-order valence-corrected chi connectivity index (χ3v) is 8.72. The molecule has 0 fully saturated rings. The summed E-state index contributed by atoms with van der Waals surface area (Å²) >= 11 is 11.9. The average molecular weight is 836 g/mol. The first-order chi connectivity index (χ1) is 28.9. The first-order valence-electron chi connectivity index (χ1n) is 17.8. The highest BCUT2D eigenvalue weighted by atomic mass is 35.5. The van der Waals surface area contributed by atoms with Crippen molar-refractivity contribution in [3.05, 3.63) is 132 Å². The highest BCUT2D eigenvalue weighted by molar-refractivity contribution is 6.30. The van der Waals surface area contributed by atoms with E-state index in [0.29, 0.717) is 48.1 Å². The van der Waals surface area contributed by atoms with Gasteiger partial charge in [0, 0.05) is 45.6 Å². The molecule has 4 aromatic heterocycles. The van der Waals surface area contributed by atoms with Crippen molar-refractivity contribution in [1.82, 2.24) is 39.9 Å². The van der Waals surface area contributed by atoms with Crippen molar-refractivity contribution in [1.29, 1.82) is 0 Å². The van der Waals surface area contributed by atoms with Crippen molar-refractivity contribution in [3.8, 4) is 46.5 Å². The fraction of sp³-hybridized carbons (Fsp3) is 0.122. The molecule has 0 aliphatic heterocycles. The van der Waals surface area contributed by atoms with Gasteiger partial charge in [0.1, 0.15) is 37.5 Å². The van der Waals surface area contributed by atoms with E-state index in [2.05, 4.69) is 55.6 Å². The monoisotopic (exact) mass is 834 g/mol. The number of nitrogens with one attached hydrogen (secondary N) is 3. The zero-order chi connectivity index (χ0) is 41.2. The van der Waals surface area contributed by atoms with E-state index in [9.17, 15) is 0 Å². The number of aromatic amines is 1. The normalized spacial score (nSPS) is 10.3. The van der Waals surface area contributed by atoms with Crippen molar-refractivity contribution in [2.45, 2.75) is 0 Å². The Morgan fingerprint density at radius 3 is 1.69 bits per heavy atom. The third kappa shape index (κ3) is 11.9. The molecule has 8 aromatic rings. The Kier molecular flexibility index (Phi) is 15.0. The summed E-state index contributed by atoms with van der Waals surface area (Å²) in [6.07, 6.45) is 6.17. The molecular weight excluding hydrogens is 799 g/mol. The quantitative estimate of drug-likeness (QED) is 0.0341. The minimum absolute atomic E-state index is 0.462. The van der Waals surface area contributed by atoms with Crippen LogP contribution in [0.25, 0.3) is 44.3 Å². The van der Waals surface area contributed by atoms with Gasteiger partial charge in [-0.3, -0.25) is 19.6 Å². The number of aryl methyl sites for hydroxylation is 1. The summed E-state index contributed by atoms with van der Waals surface area (Å²) in [5, 5.41) is 36.2. The Balaban J connectivity index is 0.000000175. The lowest BCUT2D eigenvalue weighted by molar-refractivity contribution is -0.188. The number of benzene rings is 4. The Morgan fingerprint density at radius 2 is 1.15 bits per heavy atom. The molecule has 0 saturated carbocycles. The second kappa shape index (κ2) is 21.4. The van der Waals surface area contributed by atoms with Crippen LogP contribution in [-0.4, -0.2) is 76.7 Å². The maximum absolute atomic E-state index is 7.33. The molecule has 0 saturated heterocycles. The number of para-hydroxylation sites is 2. The molecule has 0 unspecified atom stereocenters. The van der Waals surface area contributed by atoms with Crippen LogP contribution in [0.4, 0.5) is 11.6 Å². The molecule has 59 heavy (non-hydrogen) atoms. The van der Waals surface area contributed by atoms with Crippen LogP contribution in [0.1, 0.15) is 0 Å². The van der Waals surface area contributed by atoms with Crippen LogP contribution < -0.4 is 20.1 Å². The fourth-order valence-electron chi connectivity index (χ4n) is 5.54. The van der Waals surface area contributed by atoms with Crippen molar-refractivity contribution >= 4 is 56.6 Å². The summed E-state index contributed by atoms with van der Waals surface area (Å²) in [5.41, 5.74) is 5.71. The summed E-state index contributed by atoms with van der Waals surface area (Å²) in [5.74, 6) is 2.72. The van der Waals surface area contributed by atoms with Crippen molar-refractivity contribution in [3.63, 3.8) is 0 Å². The van der Waals surface area contributed by atoms with Gasteiger partial charge < -0.3 is 20.1 Å². The number of ether oxygens (including phenoxy) is 2. The highest BCUT2D eigenvalue weighted by Crippen LogP contribution is 2.26. The van der Waals surface area contributed by atoms with Crippen molar-refractivity contribution < 1.29 is 29.8 Å². The molecule has 18 heteroatoms. The third-order valence-electron chi connectivity index (χ3n) is 8.21. The van der Waals surface area contributed by atoms with Gasteiger partial charge in [0.2, 0.25) is 24.0 Å². The first-order valence-corrected chi connectivity index (χ1v) is 18.5. The van der Waals surface area contributed by atoms with E-state index in [1.807, 2.05) is 116 Å². The van der Waals surface area contributed by atoms with E-state index in [0.717, 1.165) is 56.0 Å². The predicted octanol–water partition coefficient (Wildman–Crippen LogP) is 8.22. The average Bonchev–Trinajstić information content (AvgIpc) is 3.90. The molecule has 0 amide bonds. The van der Waals surface area contributed by atoms with E-state index in [1.165, 1.54) is 12.2 Å². The number of rotatable bonds is 12. The Bertz CT molecular complexity index is 2600. The summed E-state index contributed by atoms with van der Waals surface area (Å²) in [6.45, 7) is 2.14. The highest BCUT2D eigenvalue weighted by Gasteiger charge is 2.10. The van der Waals surface area contributed by atoms with Crippen LogP contribution in [0.5, 0.6) is 11.8 Å². The SMILES string of the molecule is Clc1ccc(-c2cc(OCCNc3ncnc4ccccc34)n[nH]2)cc1.Cn1nc(OCCNc2ncnc3ccccc23)cc1-c1ccc(Cl)cc1.OOC#COO. The Labute approximate surface area is 347 Å². The lowest BCUT2D eigenvalue weighted by Gasteiger charge is -2.08. The van der Waals surface area contributed by atoms with Gasteiger partial charge in [-0.2, -0.15) is 10.5 Å². The van der Waals surface area contributed by atoms with Gasteiger partial charge in [0.05, 0.1) is 35.5 Å². The van der Waals surface area contributed by atoms with E-state index in [1.54, 1.807) is 17.3 Å². The summed E-state index contributed by atoms with van der Waals surface area (Å²) in [6, 6.07) is 34.7.